The summed E-state index contributed by atoms with van der Waals surface area (Å²) in [4.78, 5) is 9.92. The molecule has 1 aromatic carbocycles. The number of halogens is 3. The summed E-state index contributed by atoms with van der Waals surface area (Å²) >= 11 is 3.11. The van der Waals surface area contributed by atoms with Crippen molar-refractivity contribution in [2.45, 2.75) is 11.8 Å². The van der Waals surface area contributed by atoms with Gasteiger partial charge >= 0.3 is 0 Å². The van der Waals surface area contributed by atoms with Crippen LogP contribution < -0.4 is 4.74 Å². The van der Waals surface area contributed by atoms with E-state index in [1.807, 2.05) is 0 Å². The molecule has 0 fully saturated rings. The van der Waals surface area contributed by atoms with Crippen LogP contribution in [0.25, 0.3) is 0 Å². The first-order valence-corrected chi connectivity index (χ1v) is 5.41. The van der Waals surface area contributed by atoms with Crippen molar-refractivity contribution in [3.8, 4) is 5.75 Å². The second-order valence-corrected chi connectivity index (χ2v) is 3.45. The van der Waals surface area contributed by atoms with Crippen molar-refractivity contribution in [2.75, 3.05) is 6.61 Å². The smallest absolute Gasteiger partial charge is 0.272 e. The zero-order chi connectivity index (χ0) is 12.1. The molecule has 88 valence electrons. The molecule has 0 amide bonds. The van der Waals surface area contributed by atoms with Gasteiger partial charge in [-0.1, -0.05) is 15.9 Å². The molecule has 16 heavy (non-hydrogen) atoms. The monoisotopic (exact) mass is 295 g/mol. The van der Waals surface area contributed by atoms with Crippen LogP contribution in [-0.2, 0) is 5.33 Å². The second kappa shape index (κ2) is 5.74. The molecule has 0 unspecified atom stereocenters. The first kappa shape index (κ1) is 12.8. The summed E-state index contributed by atoms with van der Waals surface area (Å²) in [7, 11) is 0. The summed E-state index contributed by atoms with van der Waals surface area (Å²) in [5.41, 5.74) is 0.369. The number of ether oxygens (including phenoxy) is 1. The summed E-state index contributed by atoms with van der Waals surface area (Å²) in [6.07, 6.45) is -2.57. The fraction of sp³-hybridized carbons (Fsp3) is 0.333. The highest BCUT2D eigenvalue weighted by molar-refractivity contribution is 9.08. The lowest BCUT2D eigenvalue weighted by Crippen LogP contribution is -2.08. The Hall–Kier alpha value is -1.24. The Bertz CT molecular complexity index is 387. The molecule has 1 aromatic rings. The molecule has 0 saturated heterocycles. The summed E-state index contributed by atoms with van der Waals surface area (Å²) in [6, 6.07) is 3.82. The lowest BCUT2D eigenvalue weighted by atomic mass is 10.2. The van der Waals surface area contributed by atoms with Crippen molar-refractivity contribution in [2.24, 2.45) is 0 Å². The third-order valence-electron chi connectivity index (χ3n) is 1.76. The van der Waals surface area contributed by atoms with Crippen LogP contribution in [0.1, 0.15) is 5.56 Å². The Balaban J connectivity index is 2.89. The van der Waals surface area contributed by atoms with Gasteiger partial charge < -0.3 is 4.74 Å². The van der Waals surface area contributed by atoms with Gasteiger partial charge in [0.05, 0.1) is 4.92 Å². The van der Waals surface area contributed by atoms with Crippen LogP contribution in [0.4, 0.5) is 14.5 Å². The minimum atomic E-state index is -2.57. The van der Waals surface area contributed by atoms with Crippen LogP contribution in [-0.4, -0.2) is 18.0 Å². The number of hydrogen-bond donors (Lipinski definition) is 0. The summed E-state index contributed by atoms with van der Waals surface area (Å²) in [5.74, 6) is 0.225. The van der Waals surface area contributed by atoms with Gasteiger partial charge in [0, 0.05) is 23.0 Å². The number of hydrogen-bond acceptors (Lipinski definition) is 3. The average Bonchev–Trinajstić information content (AvgIpc) is 2.25. The maximum absolute atomic E-state index is 11.9. The molecule has 0 aromatic heterocycles. The van der Waals surface area contributed by atoms with Crippen LogP contribution in [0, 0.1) is 10.1 Å². The van der Waals surface area contributed by atoms with E-state index in [0.717, 1.165) is 0 Å². The molecule has 0 saturated carbocycles. The van der Waals surface area contributed by atoms with E-state index >= 15 is 0 Å². The fourth-order valence-electron chi connectivity index (χ4n) is 1.08. The van der Waals surface area contributed by atoms with Crippen LogP contribution in [0.2, 0.25) is 0 Å². The van der Waals surface area contributed by atoms with E-state index in [-0.39, 0.29) is 11.4 Å². The van der Waals surface area contributed by atoms with E-state index in [2.05, 4.69) is 15.9 Å². The predicted octanol–water partition coefficient (Wildman–Crippen LogP) is 3.13. The number of nitro benzene ring substituents is 1. The van der Waals surface area contributed by atoms with Crippen LogP contribution >= 0.6 is 15.9 Å². The molecule has 4 nitrogen and oxygen atoms in total. The number of non-ortho nitro benzene ring substituents is 1. The molecular formula is C9H8BrF2NO3. The highest BCUT2D eigenvalue weighted by Crippen LogP contribution is 2.26. The maximum Gasteiger partial charge on any atom is 0.272 e. The lowest BCUT2D eigenvalue weighted by Gasteiger charge is -2.08. The standard InChI is InChI=1S/C9H8BrF2NO3/c10-4-6-3-7(13(14)15)1-2-8(6)16-5-9(11)12/h1-3,9H,4-5H2. The summed E-state index contributed by atoms with van der Waals surface area (Å²) in [5, 5.41) is 10.8. The van der Waals surface area contributed by atoms with Gasteiger partial charge in [-0.25, -0.2) is 8.78 Å². The molecule has 0 bridgehead atoms. The molecular weight excluding hydrogens is 288 g/mol. The van der Waals surface area contributed by atoms with Crippen LogP contribution in [0.3, 0.4) is 0 Å². The minimum absolute atomic E-state index is 0.0983. The van der Waals surface area contributed by atoms with Crippen molar-refractivity contribution in [1.29, 1.82) is 0 Å². The zero-order valence-corrected chi connectivity index (χ0v) is 9.62. The van der Waals surface area contributed by atoms with Crippen molar-refractivity contribution >= 4 is 21.6 Å². The first-order chi connectivity index (χ1) is 7.54. The molecule has 0 heterocycles. The molecule has 0 aliphatic carbocycles. The van der Waals surface area contributed by atoms with E-state index < -0.39 is 18.0 Å². The zero-order valence-electron chi connectivity index (χ0n) is 8.03. The Morgan fingerprint density at radius 3 is 2.69 bits per heavy atom. The molecule has 0 radical (unpaired) electrons. The lowest BCUT2D eigenvalue weighted by molar-refractivity contribution is -0.384. The Morgan fingerprint density at radius 2 is 2.19 bits per heavy atom. The Kier molecular flexibility index (Phi) is 4.60. The minimum Gasteiger partial charge on any atom is -0.487 e. The number of benzene rings is 1. The van der Waals surface area contributed by atoms with Crippen molar-refractivity contribution in [3.63, 3.8) is 0 Å². The van der Waals surface area contributed by atoms with Crippen molar-refractivity contribution < 1.29 is 18.4 Å². The first-order valence-electron chi connectivity index (χ1n) is 4.29. The van der Waals surface area contributed by atoms with Gasteiger partial charge in [0.2, 0.25) is 0 Å². The summed E-state index contributed by atoms with van der Waals surface area (Å²) in [6.45, 7) is -0.724. The number of nitro groups is 1. The van der Waals surface area contributed by atoms with E-state index in [9.17, 15) is 18.9 Å². The van der Waals surface area contributed by atoms with E-state index in [0.29, 0.717) is 10.9 Å². The van der Waals surface area contributed by atoms with E-state index in [1.165, 1.54) is 18.2 Å². The SMILES string of the molecule is O=[N+]([O-])c1ccc(OCC(F)F)c(CBr)c1. The highest BCUT2D eigenvalue weighted by atomic mass is 79.9. The van der Waals surface area contributed by atoms with Gasteiger partial charge in [0.1, 0.15) is 12.4 Å². The topological polar surface area (TPSA) is 52.4 Å². The maximum atomic E-state index is 11.9. The largest absolute Gasteiger partial charge is 0.487 e. The van der Waals surface area contributed by atoms with E-state index in [4.69, 9.17) is 4.74 Å². The Labute approximate surface area is 98.5 Å². The third-order valence-corrected chi connectivity index (χ3v) is 2.37. The van der Waals surface area contributed by atoms with Gasteiger partial charge in [0.15, 0.2) is 0 Å². The fourth-order valence-corrected chi connectivity index (χ4v) is 1.52. The van der Waals surface area contributed by atoms with Crippen LogP contribution in [0.15, 0.2) is 18.2 Å². The van der Waals surface area contributed by atoms with Gasteiger partial charge in [-0.05, 0) is 6.07 Å². The molecule has 0 spiro atoms. The molecule has 1 rings (SSSR count). The molecule has 0 aliphatic heterocycles. The third kappa shape index (κ3) is 3.41. The highest BCUT2D eigenvalue weighted by Gasteiger charge is 2.12. The molecule has 0 atom stereocenters. The van der Waals surface area contributed by atoms with Gasteiger partial charge in [-0.3, -0.25) is 10.1 Å². The number of rotatable bonds is 5. The predicted molar refractivity (Wildman–Crippen MR) is 57.2 cm³/mol. The quantitative estimate of drug-likeness (QED) is 0.476. The van der Waals surface area contributed by atoms with Gasteiger partial charge in [-0.2, -0.15) is 0 Å². The number of nitrogens with zero attached hydrogens (tertiary/aromatic N) is 1. The number of alkyl halides is 3. The average molecular weight is 296 g/mol. The Morgan fingerprint density at radius 1 is 1.50 bits per heavy atom. The van der Waals surface area contributed by atoms with Crippen molar-refractivity contribution in [3.05, 3.63) is 33.9 Å². The summed E-state index contributed by atoms with van der Waals surface area (Å²) < 4.78 is 28.7. The molecule has 0 N–H and O–H groups in total. The molecule has 0 aliphatic rings. The second-order valence-electron chi connectivity index (χ2n) is 2.88. The van der Waals surface area contributed by atoms with Gasteiger partial charge in [-0.15, -0.1) is 0 Å². The normalized spacial score (nSPS) is 10.5. The molecule has 7 heteroatoms. The van der Waals surface area contributed by atoms with Crippen LogP contribution in [0.5, 0.6) is 5.75 Å². The van der Waals surface area contributed by atoms with Crippen molar-refractivity contribution in [1.82, 2.24) is 0 Å². The van der Waals surface area contributed by atoms with Gasteiger partial charge in [0.25, 0.3) is 12.1 Å². The van der Waals surface area contributed by atoms with E-state index in [1.54, 1.807) is 0 Å².